The van der Waals surface area contributed by atoms with E-state index < -0.39 is 27.3 Å². The molecule has 1 heterocycles. The van der Waals surface area contributed by atoms with Crippen LogP contribution in [0.1, 0.15) is 5.56 Å². The molecule has 0 saturated carbocycles. The number of halogens is 2. The summed E-state index contributed by atoms with van der Waals surface area (Å²) < 4.78 is 56.9. The molecule has 0 radical (unpaired) electrons. The molecule has 0 aliphatic carbocycles. The average molecular weight is 389 g/mol. The molecule has 1 N–H and O–H groups in total. The number of aromatic nitrogens is 1. The van der Waals surface area contributed by atoms with Gasteiger partial charge in [0.1, 0.15) is 11.6 Å². The van der Waals surface area contributed by atoms with Gasteiger partial charge in [0.25, 0.3) is 15.6 Å². The summed E-state index contributed by atoms with van der Waals surface area (Å²) in [5.41, 5.74) is -1.15. The Morgan fingerprint density at radius 1 is 1.15 bits per heavy atom. The first-order valence-electron chi connectivity index (χ1n) is 7.70. The minimum atomic E-state index is -4.30. The molecule has 0 bridgehead atoms. The van der Waals surface area contributed by atoms with Crippen molar-refractivity contribution in [3.63, 3.8) is 0 Å². The number of hydrogen-bond donors (Lipinski definition) is 1. The van der Waals surface area contributed by atoms with E-state index in [0.717, 1.165) is 6.07 Å². The molecule has 1 aromatic heterocycles. The molecule has 0 aliphatic heterocycles. The predicted octanol–water partition coefficient (Wildman–Crippen LogP) is 2.68. The fraction of sp³-hybridized carbons (Fsp3) is 0.111. The van der Waals surface area contributed by atoms with E-state index in [4.69, 9.17) is 5.26 Å². The zero-order chi connectivity index (χ0) is 19.8. The van der Waals surface area contributed by atoms with Gasteiger partial charge in [-0.15, -0.1) is 0 Å². The second-order valence-electron chi connectivity index (χ2n) is 5.81. The van der Waals surface area contributed by atoms with Gasteiger partial charge in [0, 0.05) is 35.6 Å². The Labute approximate surface area is 153 Å². The third-order valence-electron chi connectivity index (χ3n) is 4.02. The topological polar surface area (TPSA) is 92.0 Å². The number of anilines is 1. The zero-order valence-corrected chi connectivity index (χ0v) is 14.8. The number of pyridine rings is 1. The highest BCUT2D eigenvalue weighted by Crippen LogP contribution is 2.26. The Morgan fingerprint density at radius 3 is 2.59 bits per heavy atom. The quantitative estimate of drug-likeness (QED) is 0.743. The number of rotatable bonds is 4. The van der Waals surface area contributed by atoms with Crippen molar-refractivity contribution in [1.29, 1.82) is 5.26 Å². The molecule has 27 heavy (non-hydrogen) atoms. The number of aryl methyl sites for hydroxylation is 1. The van der Waals surface area contributed by atoms with Gasteiger partial charge in [0.15, 0.2) is 0 Å². The van der Waals surface area contributed by atoms with Crippen LogP contribution >= 0.6 is 0 Å². The molecule has 0 atom stereocenters. The first-order chi connectivity index (χ1) is 12.7. The Balaban J connectivity index is 2.11. The van der Waals surface area contributed by atoms with Crippen molar-refractivity contribution in [2.75, 3.05) is 4.72 Å². The summed E-state index contributed by atoms with van der Waals surface area (Å²) in [5.74, 6) is -1.91. The lowest BCUT2D eigenvalue weighted by atomic mass is 10.1. The molecule has 2 aromatic carbocycles. The van der Waals surface area contributed by atoms with Crippen molar-refractivity contribution >= 4 is 26.5 Å². The SMILES string of the molecule is Cn1ccc2c(S(=O)(=O)Nc3cc(F)c(CC#N)cc3F)cccc2c1=O. The highest BCUT2D eigenvalue weighted by Gasteiger charge is 2.21. The van der Waals surface area contributed by atoms with Crippen molar-refractivity contribution in [3.8, 4) is 6.07 Å². The molecule has 6 nitrogen and oxygen atoms in total. The summed E-state index contributed by atoms with van der Waals surface area (Å²) in [5, 5.41) is 8.95. The van der Waals surface area contributed by atoms with Gasteiger partial charge in [0.2, 0.25) is 0 Å². The highest BCUT2D eigenvalue weighted by atomic mass is 32.2. The third-order valence-corrected chi connectivity index (χ3v) is 5.44. The maximum atomic E-state index is 14.2. The van der Waals surface area contributed by atoms with Gasteiger partial charge < -0.3 is 4.57 Å². The van der Waals surface area contributed by atoms with E-state index in [1.54, 1.807) is 6.07 Å². The minimum Gasteiger partial charge on any atom is -0.318 e. The summed E-state index contributed by atoms with van der Waals surface area (Å²) in [6.07, 6.45) is 1.07. The maximum absolute atomic E-state index is 14.2. The molecular formula is C18H13F2N3O3S. The van der Waals surface area contributed by atoms with Crippen LogP contribution in [0.5, 0.6) is 0 Å². The molecule has 0 spiro atoms. The number of hydrogen-bond acceptors (Lipinski definition) is 4. The first kappa shape index (κ1) is 18.5. The van der Waals surface area contributed by atoms with E-state index in [2.05, 4.69) is 0 Å². The second-order valence-corrected chi connectivity index (χ2v) is 7.46. The van der Waals surface area contributed by atoms with Gasteiger partial charge in [-0.3, -0.25) is 9.52 Å². The number of nitrogens with zero attached hydrogens (tertiary/aromatic N) is 2. The van der Waals surface area contributed by atoms with E-state index in [1.807, 2.05) is 4.72 Å². The average Bonchev–Trinajstić information content (AvgIpc) is 2.62. The van der Waals surface area contributed by atoms with Crippen LogP contribution in [0.3, 0.4) is 0 Å². The number of sulfonamides is 1. The summed E-state index contributed by atoms with van der Waals surface area (Å²) in [6.45, 7) is 0. The van der Waals surface area contributed by atoms with Crippen molar-refractivity contribution < 1.29 is 17.2 Å². The van der Waals surface area contributed by atoms with Crippen LogP contribution in [0.2, 0.25) is 0 Å². The van der Waals surface area contributed by atoms with Gasteiger partial charge in [-0.25, -0.2) is 17.2 Å². The maximum Gasteiger partial charge on any atom is 0.262 e. The molecule has 0 saturated heterocycles. The molecule has 0 fully saturated rings. The van der Waals surface area contributed by atoms with Crippen LogP contribution < -0.4 is 10.3 Å². The largest absolute Gasteiger partial charge is 0.318 e. The zero-order valence-electron chi connectivity index (χ0n) is 14.0. The smallest absolute Gasteiger partial charge is 0.262 e. The van der Waals surface area contributed by atoms with Crippen LogP contribution in [-0.4, -0.2) is 13.0 Å². The first-order valence-corrected chi connectivity index (χ1v) is 9.19. The van der Waals surface area contributed by atoms with Crippen molar-refractivity contribution in [3.05, 3.63) is 70.1 Å². The summed E-state index contributed by atoms with van der Waals surface area (Å²) >= 11 is 0. The fourth-order valence-electron chi connectivity index (χ4n) is 2.67. The van der Waals surface area contributed by atoms with E-state index in [0.29, 0.717) is 6.07 Å². The van der Waals surface area contributed by atoms with Crippen molar-refractivity contribution in [1.82, 2.24) is 4.57 Å². The van der Waals surface area contributed by atoms with Crippen molar-refractivity contribution in [2.24, 2.45) is 7.05 Å². The van der Waals surface area contributed by atoms with Gasteiger partial charge in [-0.2, -0.15) is 5.26 Å². The van der Waals surface area contributed by atoms with Crippen LogP contribution in [0.25, 0.3) is 10.8 Å². The number of benzene rings is 2. The molecular weight excluding hydrogens is 376 g/mol. The summed E-state index contributed by atoms with van der Waals surface area (Å²) in [6, 6.07) is 8.75. The number of nitriles is 1. The Kier molecular flexibility index (Phi) is 4.68. The van der Waals surface area contributed by atoms with E-state index in [9.17, 15) is 22.0 Å². The van der Waals surface area contributed by atoms with Gasteiger partial charge in [-0.05, 0) is 24.3 Å². The summed E-state index contributed by atoms with van der Waals surface area (Å²) in [7, 11) is -2.77. The standard InChI is InChI=1S/C18H13F2N3O3S/c1-23-8-6-12-13(18(23)24)3-2-4-17(12)27(25,26)22-16-10-14(19)11(5-7-21)9-15(16)20/h2-4,6,8-10,22H,5H2,1H3. The molecule has 138 valence electrons. The van der Waals surface area contributed by atoms with E-state index >= 15 is 0 Å². The Bertz CT molecular complexity index is 1260. The second kappa shape index (κ2) is 6.81. The molecule has 3 aromatic rings. The van der Waals surface area contributed by atoms with E-state index in [1.165, 1.54) is 42.1 Å². The number of nitrogens with one attached hydrogen (secondary N) is 1. The molecule has 3 rings (SSSR count). The van der Waals surface area contributed by atoms with Gasteiger partial charge in [0.05, 0.1) is 23.1 Å². The van der Waals surface area contributed by atoms with Crippen LogP contribution in [0, 0.1) is 23.0 Å². The molecule has 0 aliphatic rings. The third kappa shape index (κ3) is 3.39. The van der Waals surface area contributed by atoms with E-state index in [-0.39, 0.29) is 33.2 Å². The summed E-state index contributed by atoms with van der Waals surface area (Å²) in [4.78, 5) is 11.9. The monoisotopic (exact) mass is 389 g/mol. The van der Waals surface area contributed by atoms with Crippen LogP contribution in [0.15, 0.2) is 52.3 Å². The lowest BCUT2D eigenvalue weighted by Gasteiger charge is -2.12. The molecule has 9 heteroatoms. The lowest BCUT2D eigenvalue weighted by Crippen LogP contribution is -2.19. The Hall–Kier alpha value is -3.25. The Morgan fingerprint density at radius 2 is 1.89 bits per heavy atom. The molecule has 0 amide bonds. The fourth-order valence-corrected chi connectivity index (χ4v) is 3.95. The predicted molar refractivity (Wildman–Crippen MR) is 95.7 cm³/mol. The highest BCUT2D eigenvalue weighted by molar-refractivity contribution is 7.93. The van der Waals surface area contributed by atoms with Crippen molar-refractivity contribution in [2.45, 2.75) is 11.3 Å². The van der Waals surface area contributed by atoms with Gasteiger partial charge in [-0.1, -0.05) is 6.07 Å². The number of fused-ring (bicyclic) bond motifs is 1. The van der Waals surface area contributed by atoms with Gasteiger partial charge >= 0.3 is 0 Å². The molecule has 0 unspecified atom stereocenters. The lowest BCUT2D eigenvalue weighted by molar-refractivity contribution is 0.589. The normalized spacial score (nSPS) is 11.3. The minimum absolute atomic E-state index is 0.162. The van der Waals surface area contributed by atoms with Crippen LogP contribution in [0.4, 0.5) is 14.5 Å². The van der Waals surface area contributed by atoms with Crippen LogP contribution in [-0.2, 0) is 23.5 Å².